The lowest BCUT2D eigenvalue weighted by molar-refractivity contribution is -0.122. The molecule has 29 heavy (non-hydrogen) atoms. The third-order valence-corrected chi connectivity index (χ3v) is 5.90. The Balaban J connectivity index is 1.67. The molecule has 2 aromatic rings. The van der Waals surface area contributed by atoms with Crippen LogP contribution in [-0.4, -0.2) is 17.7 Å². The average Bonchev–Trinajstić information content (AvgIpc) is 2.94. The Morgan fingerprint density at radius 1 is 1.07 bits per heavy atom. The minimum Gasteiger partial charge on any atom is -0.322 e. The Bertz CT molecular complexity index is 1060. The molecule has 2 aromatic carbocycles. The van der Waals surface area contributed by atoms with Crippen LogP contribution < -0.4 is 10.2 Å². The van der Waals surface area contributed by atoms with Crippen molar-refractivity contribution in [1.82, 2.24) is 0 Å². The van der Waals surface area contributed by atoms with Crippen LogP contribution in [-0.2, 0) is 9.59 Å². The maximum Gasteiger partial charge on any atom is 0.257 e. The van der Waals surface area contributed by atoms with Gasteiger partial charge in [-0.2, -0.15) is 0 Å². The van der Waals surface area contributed by atoms with Gasteiger partial charge in [-0.3, -0.25) is 14.4 Å². The summed E-state index contributed by atoms with van der Waals surface area (Å²) in [5.41, 5.74) is 3.17. The molecule has 1 heterocycles. The third kappa shape index (κ3) is 3.47. The predicted molar refractivity (Wildman–Crippen MR) is 113 cm³/mol. The summed E-state index contributed by atoms with van der Waals surface area (Å²) in [6, 6.07) is 11.9. The van der Waals surface area contributed by atoms with Gasteiger partial charge in [0.15, 0.2) is 0 Å². The highest BCUT2D eigenvalue weighted by molar-refractivity contribution is 6.31. The van der Waals surface area contributed by atoms with E-state index < -0.39 is 5.91 Å². The molecular weight excluding hydrogens is 388 g/mol. The second-order valence-electron chi connectivity index (χ2n) is 7.65. The van der Waals surface area contributed by atoms with E-state index in [1.165, 1.54) is 4.90 Å². The van der Waals surface area contributed by atoms with Gasteiger partial charge in [-0.1, -0.05) is 41.4 Å². The average molecular weight is 409 g/mol. The highest BCUT2D eigenvalue weighted by Crippen LogP contribution is 2.40. The van der Waals surface area contributed by atoms with E-state index in [1.807, 2.05) is 26.0 Å². The number of nitrogens with one attached hydrogen (secondary N) is 1. The van der Waals surface area contributed by atoms with Crippen LogP contribution in [0.15, 0.2) is 54.1 Å². The molecular formula is C23H21ClN2O3. The Labute approximate surface area is 174 Å². The summed E-state index contributed by atoms with van der Waals surface area (Å²) in [5.74, 6) is -1.55. The van der Waals surface area contributed by atoms with Gasteiger partial charge in [0.05, 0.1) is 23.1 Å². The van der Waals surface area contributed by atoms with Crippen LogP contribution in [0.3, 0.4) is 0 Å². The molecule has 0 aromatic heterocycles. The molecule has 4 rings (SSSR count). The van der Waals surface area contributed by atoms with Crippen molar-refractivity contribution in [1.29, 1.82) is 0 Å². The second-order valence-corrected chi connectivity index (χ2v) is 8.08. The van der Waals surface area contributed by atoms with Crippen LogP contribution in [0.2, 0.25) is 5.02 Å². The van der Waals surface area contributed by atoms with Crippen molar-refractivity contribution in [2.45, 2.75) is 26.7 Å². The van der Waals surface area contributed by atoms with Gasteiger partial charge >= 0.3 is 0 Å². The normalized spacial score (nSPS) is 21.1. The van der Waals surface area contributed by atoms with Gasteiger partial charge in [-0.05, 0) is 56.5 Å². The van der Waals surface area contributed by atoms with Gasteiger partial charge in [0, 0.05) is 10.7 Å². The predicted octanol–water partition coefficient (Wildman–Crippen LogP) is 4.75. The van der Waals surface area contributed by atoms with E-state index in [1.54, 1.807) is 36.4 Å². The number of nitrogens with zero attached hydrogens (tertiary/aromatic N) is 1. The van der Waals surface area contributed by atoms with Gasteiger partial charge in [0.25, 0.3) is 5.91 Å². The highest BCUT2D eigenvalue weighted by atomic mass is 35.5. The van der Waals surface area contributed by atoms with E-state index in [0.29, 0.717) is 29.2 Å². The lowest BCUT2D eigenvalue weighted by Crippen LogP contribution is -2.33. The number of rotatable bonds is 3. The van der Waals surface area contributed by atoms with Crippen LogP contribution in [0.5, 0.6) is 0 Å². The number of fused-ring (bicyclic) bond motifs is 1. The third-order valence-electron chi connectivity index (χ3n) is 5.66. The summed E-state index contributed by atoms with van der Waals surface area (Å²) in [4.78, 5) is 40.3. The van der Waals surface area contributed by atoms with E-state index in [0.717, 1.165) is 11.1 Å². The molecule has 0 bridgehead atoms. The number of halogens is 1. The van der Waals surface area contributed by atoms with Crippen molar-refractivity contribution in [3.8, 4) is 0 Å². The number of aryl methyl sites for hydroxylation is 1. The lowest BCUT2D eigenvalue weighted by Gasteiger charge is -2.19. The molecule has 1 aliphatic heterocycles. The number of allylic oxidation sites excluding steroid dienone is 2. The number of hydrogen-bond donors (Lipinski definition) is 1. The standard InChI is InChI=1S/C23H21ClN2O3/c1-13-7-10-16-18(11-13)23(29)26(22(16)28)20-6-4-3-5-17(20)21(27)25-19-12-15(24)9-8-14(19)2/h3-9,12,16,18H,10-11H2,1-2H3,(H,25,27)/t16-,18+/m0/s1. The first-order valence-corrected chi connectivity index (χ1v) is 9.94. The van der Waals surface area contributed by atoms with Crippen molar-refractivity contribution in [3.63, 3.8) is 0 Å². The number of carbonyl (C=O) groups is 3. The van der Waals surface area contributed by atoms with E-state index in [9.17, 15) is 14.4 Å². The fraction of sp³-hybridized carbons (Fsp3) is 0.261. The summed E-state index contributed by atoms with van der Waals surface area (Å²) >= 11 is 6.05. The molecule has 1 fully saturated rings. The SMILES string of the molecule is CC1=CC[C@@H]2C(=O)N(c3ccccc3C(=O)Nc3cc(Cl)ccc3C)C(=O)[C@@H]2C1. The number of para-hydroxylation sites is 1. The largest absolute Gasteiger partial charge is 0.322 e. The zero-order valence-corrected chi connectivity index (χ0v) is 17.0. The number of amides is 3. The molecule has 5 nitrogen and oxygen atoms in total. The number of benzene rings is 2. The quantitative estimate of drug-likeness (QED) is 0.588. The van der Waals surface area contributed by atoms with Crippen molar-refractivity contribution in [2.24, 2.45) is 11.8 Å². The van der Waals surface area contributed by atoms with Crippen LogP contribution in [0.4, 0.5) is 11.4 Å². The van der Waals surface area contributed by atoms with E-state index in [2.05, 4.69) is 5.32 Å². The van der Waals surface area contributed by atoms with Gasteiger partial charge in [-0.15, -0.1) is 0 Å². The topological polar surface area (TPSA) is 66.5 Å². The van der Waals surface area contributed by atoms with Crippen molar-refractivity contribution >= 4 is 40.7 Å². The van der Waals surface area contributed by atoms with Gasteiger partial charge in [0.2, 0.25) is 11.8 Å². The lowest BCUT2D eigenvalue weighted by atomic mass is 9.82. The van der Waals surface area contributed by atoms with Gasteiger partial charge in [0.1, 0.15) is 0 Å². The van der Waals surface area contributed by atoms with Crippen molar-refractivity contribution < 1.29 is 14.4 Å². The monoisotopic (exact) mass is 408 g/mol. The molecule has 6 heteroatoms. The van der Waals surface area contributed by atoms with Crippen LogP contribution in [0.25, 0.3) is 0 Å². The Morgan fingerprint density at radius 3 is 2.59 bits per heavy atom. The molecule has 2 aliphatic rings. The molecule has 1 N–H and O–H groups in total. The first kappa shape index (κ1) is 19.4. The molecule has 0 spiro atoms. The van der Waals surface area contributed by atoms with Crippen LogP contribution in [0, 0.1) is 18.8 Å². The second kappa shape index (κ2) is 7.48. The molecule has 0 radical (unpaired) electrons. The Kier molecular flexibility index (Phi) is 5.01. The fourth-order valence-electron chi connectivity index (χ4n) is 4.05. The highest BCUT2D eigenvalue weighted by Gasteiger charge is 2.49. The Hall–Kier alpha value is -2.92. The minimum atomic E-state index is -0.393. The molecule has 148 valence electrons. The van der Waals surface area contributed by atoms with Crippen molar-refractivity contribution in [3.05, 3.63) is 70.3 Å². The zero-order chi connectivity index (χ0) is 20.7. The zero-order valence-electron chi connectivity index (χ0n) is 16.2. The number of carbonyl (C=O) groups excluding carboxylic acids is 3. The summed E-state index contributed by atoms with van der Waals surface area (Å²) in [6.45, 7) is 3.84. The summed E-state index contributed by atoms with van der Waals surface area (Å²) in [6.07, 6.45) is 3.17. The number of hydrogen-bond acceptors (Lipinski definition) is 3. The maximum absolute atomic E-state index is 13.1. The summed E-state index contributed by atoms with van der Waals surface area (Å²) < 4.78 is 0. The Morgan fingerprint density at radius 2 is 1.79 bits per heavy atom. The van der Waals surface area contributed by atoms with Crippen LogP contribution in [0.1, 0.15) is 35.7 Å². The first-order valence-electron chi connectivity index (χ1n) is 9.57. The molecule has 3 amide bonds. The number of imide groups is 1. The minimum absolute atomic E-state index is 0.230. The first-order chi connectivity index (χ1) is 13.9. The summed E-state index contributed by atoms with van der Waals surface area (Å²) in [5, 5.41) is 3.36. The molecule has 2 atom stereocenters. The molecule has 0 saturated carbocycles. The van der Waals surface area contributed by atoms with Gasteiger partial charge < -0.3 is 5.32 Å². The fourth-order valence-corrected chi connectivity index (χ4v) is 4.23. The number of anilines is 2. The summed E-state index contributed by atoms with van der Waals surface area (Å²) in [7, 11) is 0. The van der Waals surface area contributed by atoms with E-state index >= 15 is 0 Å². The van der Waals surface area contributed by atoms with Crippen LogP contribution >= 0.6 is 11.6 Å². The van der Waals surface area contributed by atoms with Crippen molar-refractivity contribution in [2.75, 3.05) is 10.2 Å². The molecule has 1 aliphatic carbocycles. The van der Waals surface area contributed by atoms with E-state index in [-0.39, 0.29) is 29.2 Å². The van der Waals surface area contributed by atoms with Gasteiger partial charge in [-0.25, -0.2) is 4.90 Å². The molecule has 1 saturated heterocycles. The molecule has 0 unspecified atom stereocenters. The maximum atomic E-state index is 13.1. The van der Waals surface area contributed by atoms with E-state index in [4.69, 9.17) is 11.6 Å². The smallest absolute Gasteiger partial charge is 0.257 e.